The van der Waals surface area contributed by atoms with Crippen LogP contribution in [-0.4, -0.2) is 30.6 Å². The van der Waals surface area contributed by atoms with Gasteiger partial charge < -0.3 is 5.73 Å². The van der Waals surface area contributed by atoms with Crippen LogP contribution in [0.4, 0.5) is 0 Å². The van der Waals surface area contributed by atoms with E-state index in [2.05, 4.69) is 25.8 Å². The molecule has 0 aromatic heterocycles. The van der Waals surface area contributed by atoms with Crippen molar-refractivity contribution in [3.63, 3.8) is 0 Å². The van der Waals surface area contributed by atoms with Crippen LogP contribution in [0.1, 0.15) is 52.4 Å². The zero-order valence-corrected chi connectivity index (χ0v) is 10.8. The van der Waals surface area contributed by atoms with Crippen LogP contribution in [0.2, 0.25) is 0 Å². The molecule has 2 nitrogen and oxygen atoms in total. The van der Waals surface area contributed by atoms with Gasteiger partial charge in [0.25, 0.3) is 0 Å². The lowest BCUT2D eigenvalue weighted by Gasteiger charge is -2.46. The summed E-state index contributed by atoms with van der Waals surface area (Å²) in [4.78, 5) is 2.51. The van der Waals surface area contributed by atoms with Crippen molar-refractivity contribution in [2.75, 3.05) is 20.1 Å². The molecule has 0 aliphatic heterocycles. The SMILES string of the molecule is CCCN(C)C1(CN)CCC(CC)CC1. The highest BCUT2D eigenvalue weighted by Gasteiger charge is 2.36. The predicted molar refractivity (Wildman–Crippen MR) is 67.0 cm³/mol. The van der Waals surface area contributed by atoms with Crippen molar-refractivity contribution in [1.29, 1.82) is 0 Å². The normalized spacial score (nSPS) is 32.2. The molecule has 15 heavy (non-hydrogen) atoms. The van der Waals surface area contributed by atoms with Crippen molar-refractivity contribution in [1.82, 2.24) is 4.90 Å². The van der Waals surface area contributed by atoms with Gasteiger partial charge in [-0.1, -0.05) is 20.3 Å². The summed E-state index contributed by atoms with van der Waals surface area (Å²) in [5.74, 6) is 0.958. The molecule has 1 aliphatic carbocycles. The summed E-state index contributed by atoms with van der Waals surface area (Å²) in [6.45, 7) is 6.59. The van der Waals surface area contributed by atoms with Crippen molar-refractivity contribution in [2.45, 2.75) is 57.9 Å². The Morgan fingerprint density at radius 2 is 1.87 bits per heavy atom. The molecule has 1 aliphatic rings. The van der Waals surface area contributed by atoms with Gasteiger partial charge in [-0.15, -0.1) is 0 Å². The Bertz CT molecular complexity index is 171. The molecule has 0 aromatic carbocycles. The van der Waals surface area contributed by atoms with E-state index in [1.807, 2.05) is 0 Å². The molecule has 0 unspecified atom stereocenters. The number of rotatable bonds is 5. The van der Waals surface area contributed by atoms with E-state index in [0.717, 1.165) is 12.5 Å². The molecule has 90 valence electrons. The molecule has 1 saturated carbocycles. The van der Waals surface area contributed by atoms with Gasteiger partial charge in [0.1, 0.15) is 0 Å². The van der Waals surface area contributed by atoms with Crippen molar-refractivity contribution >= 4 is 0 Å². The summed E-state index contributed by atoms with van der Waals surface area (Å²) < 4.78 is 0. The highest BCUT2D eigenvalue weighted by atomic mass is 15.2. The second kappa shape index (κ2) is 5.86. The third-order valence-corrected chi connectivity index (χ3v) is 4.36. The van der Waals surface area contributed by atoms with Crippen LogP contribution >= 0.6 is 0 Å². The molecular formula is C13H28N2. The molecule has 0 spiro atoms. The van der Waals surface area contributed by atoms with E-state index in [4.69, 9.17) is 5.73 Å². The van der Waals surface area contributed by atoms with Crippen LogP contribution in [0.3, 0.4) is 0 Å². The summed E-state index contributed by atoms with van der Waals surface area (Å²) >= 11 is 0. The third kappa shape index (κ3) is 2.94. The molecule has 0 saturated heterocycles. The third-order valence-electron chi connectivity index (χ3n) is 4.36. The summed E-state index contributed by atoms with van der Waals surface area (Å²) in [5, 5.41) is 0. The Balaban J connectivity index is 2.55. The second-order valence-corrected chi connectivity index (χ2v) is 5.20. The van der Waals surface area contributed by atoms with E-state index in [1.54, 1.807) is 0 Å². The molecule has 2 N–H and O–H groups in total. The van der Waals surface area contributed by atoms with Crippen LogP contribution < -0.4 is 5.73 Å². The van der Waals surface area contributed by atoms with Crippen LogP contribution in [0.25, 0.3) is 0 Å². The largest absolute Gasteiger partial charge is 0.329 e. The average Bonchev–Trinajstić information content (AvgIpc) is 2.29. The van der Waals surface area contributed by atoms with Gasteiger partial charge >= 0.3 is 0 Å². The number of nitrogens with two attached hydrogens (primary N) is 1. The number of hydrogen-bond acceptors (Lipinski definition) is 2. The second-order valence-electron chi connectivity index (χ2n) is 5.20. The van der Waals surface area contributed by atoms with Gasteiger partial charge in [0, 0.05) is 12.1 Å². The lowest BCUT2D eigenvalue weighted by atomic mass is 9.74. The lowest BCUT2D eigenvalue weighted by molar-refractivity contribution is 0.0642. The Hall–Kier alpha value is -0.0800. The first kappa shape index (κ1) is 13.0. The number of hydrogen-bond donors (Lipinski definition) is 1. The van der Waals surface area contributed by atoms with Gasteiger partial charge in [-0.25, -0.2) is 0 Å². The molecule has 1 fully saturated rings. The van der Waals surface area contributed by atoms with E-state index in [0.29, 0.717) is 5.54 Å². The molecule has 0 aromatic rings. The summed E-state index contributed by atoms with van der Waals surface area (Å²) in [5.41, 5.74) is 6.34. The van der Waals surface area contributed by atoms with Crippen molar-refractivity contribution in [2.24, 2.45) is 11.7 Å². The van der Waals surface area contributed by atoms with E-state index >= 15 is 0 Å². The first-order chi connectivity index (χ1) is 7.18. The van der Waals surface area contributed by atoms with E-state index < -0.39 is 0 Å². The molecule has 0 heterocycles. The molecule has 0 bridgehead atoms. The smallest absolute Gasteiger partial charge is 0.0328 e. The Labute approximate surface area is 95.2 Å². The topological polar surface area (TPSA) is 29.3 Å². The van der Waals surface area contributed by atoms with Crippen molar-refractivity contribution in [3.05, 3.63) is 0 Å². The maximum atomic E-state index is 6.01. The predicted octanol–water partition coefficient (Wildman–Crippen LogP) is 2.63. The van der Waals surface area contributed by atoms with Gasteiger partial charge in [-0.2, -0.15) is 0 Å². The zero-order valence-electron chi connectivity index (χ0n) is 10.8. The molecule has 0 atom stereocenters. The van der Waals surface area contributed by atoms with Crippen LogP contribution in [-0.2, 0) is 0 Å². The first-order valence-electron chi connectivity index (χ1n) is 6.59. The van der Waals surface area contributed by atoms with Gasteiger partial charge in [0.05, 0.1) is 0 Å². The number of likely N-dealkylation sites (N-methyl/N-ethyl adjacent to an activating group) is 1. The van der Waals surface area contributed by atoms with Crippen molar-refractivity contribution in [3.8, 4) is 0 Å². The average molecular weight is 212 g/mol. The molecule has 0 amide bonds. The maximum absolute atomic E-state index is 6.01. The molecule has 2 heteroatoms. The fourth-order valence-electron chi connectivity index (χ4n) is 2.94. The molecule has 0 radical (unpaired) electrons. The van der Waals surface area contributed by atoms with Gasteiger partial charge in [0.15, 0.2) is 0 Å². The number of nitrogens with zero attached hydrogens (tertiary/aromatic N) is 1. The molecular weight excluding hydrogens is 184 g/mol. The highest BCUT2D eigenvalue weighted by Crippen LogP contribution is 2.36. The summed E-state index contributed by atoms with van der Waals surface area (Å²) in [7, 11) is 2.25. The lowest BCUT2D eigenvalue weighted by Crippen LogP contribution is -2.54. The fourth-order valence-corrected chi connectivity index (χ4v) is 2.94. The van der Waals surface area contributed by atoms with Crippen LogP contribution in [0, 0.1) is 5.92 Å². The zero-order chi connectivity index (χ0) is 11.3. The van der Waals surface area contributed by atoms with E-state index in [-0.39, 0.29) is 0 Å². The highest BCUT2D eigenvalue weighted by molar-refractivity contribution is 4.94. The Morgan fingerprint density at radius 3 is 2.27 bits per heavy atom. The van der Waals surface area contributed by atoms with Crippen molar-refractivity contribution < 1.29 is 0 Å². The van der Waals surface area contributed by atoms with E-state index in [9.17, 15) is 0 Å². The van der Waals surface area contributed by atoms with E-state index in [1.165, 1.54) is 45.1 Å². The Kier molecular flexibility index (Phi) is 5.07. The fraction of sp³-hybridized carbons (Fsp3) is 1.00. The van der Waals surface area contributed by atoms with Crippen LogP contribution in [0.5, 0.6) is 0 Å². The minimum atomic E-state index is 0.321. The molecule has 1 rings (SSSR count). The van der Waals surface area contributed by atoms with Crippen LogP contribution in [0.15, 0.2) is 0 Å². The standard InChI is InChI=1S/C13H28N2/c1-4-10-15(3)13(11-14)8-6-12(5-2)7-9-13/h12H,4-11,14H2,1-3H3. The monoisotopic (exact) mass is 212 g/mol. The van der Waals surface area contributed by atoms with Gasteiger partial charge in [-0.05, 0) is 51.6 Å². The van der Waals surface area contributed by atoms with Gasteiger partial charge in [-0.3, -0.25) is 4.90 Å². The summed E-state index contributed by atoms with van der Waals surface area (Å²) in [6.07, 6.45) is 7.94. The summed E-state index contributed by atoms with van der Waals surface area (Å²) in [6, 6.07) is 0. The van der Waals surface area contributed by atoms with Gasteiger partial charge in [0.2, 0.25) is 0 Å². The Morgan fingerprint density at radius 1 is 1.27 bits per heavy atom. The quantitative estimate of drug-likeness (QED) is 0.759. The minimum absolute atomic E-state index is 0.321. The maximum Gasteiger partial charge on any atom is 0.0328 e. The first-order valence-corrected chi connectivity index (χ1v) is 6.59. The minimum Gasteiger partial charge on any atom is -0.329 e.